The molecular formula is C17H11F4N3O4. The van der Waals surface area contributed by atoms with Crippen LogP contribution in [-0.4, -0.2) is 30.8 Å². The highest BCUT2D eigenvalue weighted by atomic mass is 19.4. The molecule has 1 aromatic carbocycles. The number of hydrogen-bond acceptors (Lipinski definition) is 5. The average Bonchev–Trinajstić information content (AvgIpc) is 3.07. The second-order valence-corrected chi connectivity index (χ2v) is 5.80. The Balaban J connectivity index is 2.26. The molecule has 0 amide bonds. The number of carboxylic acid groups (broad SMARTS) is 1. The van der Waals surface area contributed by atoms with Gasteiger partial charge in [0, 0.05) is 18.1 Å². The molecule has 0 aliphatic heterocycles. The van der Waals surface area contributed by atoms with Gasteiger partial charge in [-0.05, 0) is 18.2 Å². The molecular weight excluding hydrogens is 386 g/mol. The van der Waals surface area contributed by atoms with Gasteiger partial charge in [-0.1, -0.05) is 0 Å². The quantitative estimate of drug-likeness (QED) is 0.654. The van der Waals surface area contributed by atoms with Crippen molar-refractivity contribution >= 4 is 17.4 Å². The highest BCUT2D eigenvalue weighted by Gasteiger charge is 2.34. The normalized spacial score (nSPS) is 13.0. The lowest BCUT2D eigenvalue weighted by atomic mass is 10.1. The number of rotatable bonds is 4. The predicted molar refractivity (Wildman–Crippen MR) is 87.8 cm³/mol. The summed E-state index contributed by atoms with van der Waals surface area (Å²) in [5, 5.41) is 22.3. The molecule has 11 heteroatoms. The molecule has 0 spiro atoms. The number of aliphatic hydroxyl groups excluding tert-OH is 1. The van der Waals surface area contributed by atoms with E-state index in [0.717, 1.165) is 23.0 Å². The second kappa shape index (κ2) is 6.91. The van der Waals surface area contributed by atoms with Gasteiger partial charge in [0.25, 0.3) is 0 Å². The Kier molecular flexibility index (Phi) is 4.75. The average molecular weight is 397 g/mol. The van der Waals surface area contributed by atoms with Crippen LogP contribution in [0.2, 0.25) is 0 Å². The Morgan fingerprint density at radius 2 is 1.86 bits per heavy atom. The molecule has 3 rings (SSSR count). The fourth-order valence-electron chi connectivity index (χ4n) is 2.69. The summed E-state index contributed by atoms with van der Waals surface area (Å²) in [5.41, 5.74) is -2.71. The first kappa shape index (κ1) is 19.3. The van der Waals surface area contributed by atoms with E-state index in [1.807, 2.05) is 0 Å². The smallest absolute Gasteiger partial charge is 0.419 e. The number of benzene rings is 1. The molecule has 28 heavy (non-hydrogen) atoms. The van der Waals surface area contributed by atoms with Crippen molar-refractivity contribution < 1.29 is 32.6 Å². The van der Waals surface area contributed by atoms with Crippen LogP contribution in [0.25, 0.3) is 22.7 Å². The van der Waals surface area contributed by atoms with Crippen LogP contribution in [-0.2, 0) is 11.0 Å². The minimum atomic E-state index is -4.94. The maximum Gasteiger partial charge on any atom is 0.419 e. The van der Waals surface area contributed by atoms with Gasteiger partial charge in [0.05, 0.1) is 17.7 Å². The van der Waals surface area contributed by atoms with Crippen molar-refractivity contribution in [2.24, 2.45) is 0 Å². The first-order valence-corrected chi connectivity index (χ1v) is 7.77. The van der Waals surface area contributed by atoms with Crippen molar-refractivity contribution in [1.29, 1.82) is 0 Å². The summed E-state index contributed by atoms with van der Waals surface area (Å²) < 4.78 is 53.5. The molecule has 0 fully saturated rings. The summed E-state index contributed by atoms with van der Waals surface area (Å²) in [4.78, 5) is 26.9. The fraction of sp³-hybridized carbons (Fsp3) is 0.176. The van der Waals surface area contributed by atoms with E-state index in [1.165, 1.54) is 0 Å². The molecule has 0 radical (unpaired) electrons. The van der Waals surface area contributed by atoms with Crippen LogP contribution in [0.5, 0.6) is 0 Å². The summed E-state index contributed by atoms with van der Waals surface area (Å²) in [7, 11) is 0. The van der Waals surface area contributed by atoms with Crippen LogP contribution in [0.15, 0.2) is 35.4 Å². The van der Waals surface area contributed by atoms with Gasteiger partial charge in [0.2, 0.25) is 0 Å². The number of halogens is 4. The molecule has 0 saturated heterocycles. The zero-order valence-corrected chi connectivity index (χ0v) is 13.9. The van der Waals surface area contributed by atoms with Gasteiger partial charge in [0.1, 0.15) is 23.1 Å². The number of fused-ring (bicyclic) bond motifs is 1. The molecule has 0 atom stereocenters. The molecule has 3 aromatic rings. The standard InChI is InChI=1S/C17H11F4N3O4/c18-10-2-1-8(5-9(10)17(19,20)21)11-6-13(26)15(12(25)3-4-14(27)28)16-22-7-23-24(11)16/h1-2,5-7,25H,3-4H2,(H,27,28)/b15-12-. The molecule has 2 N–H and O–H groups in total. The van der Waals surface area contributed by atoms with Crippen molar-refractivity contribution in [3.05, 3.63) is 57.4 Å². The number of carbonyl (C=O) groups is 1. The molecule has 0 saturated carbocycles. The summed E-state index contributed by atoms with van der Waals surface area (Å²) in [6, 6.07) is 3.13. The van der Waals surface area contributed by atoms with Crippen molar-refractivity contribution in [1.82, 2.24) is 14.6 Å². The Morgan fingerprint density at radius 1 is 1.14 bits per heavy atom. The van der Waals surface area contributed by atoms with Gasteiger partial charge in [-0.15, -0.1) is 0 Å². The van der Waals surface area contributed by atoms with Crippen molar-refractivity contribution in [3.63, 3.8) is 0 Å². The van der Waals surface area contributed by atoms with Crippen molar-refractivity contribution in [2.45, 2.75) is 19.0 Å². The van der Waals surface area contributed by atoms with E-state index in [1.54, 1.807) is 0 Å². The number of carboxylic acids is 1. The number of nitrogens with zero attached hydrogens (tertiary/aromatic N) is 3. The fourth-order valence-corrected chi connectivity index (χ4v) is 2.69. The van der Waals surface area contributed by atoms with Gasteiger partial charge in [-0.25, -0.2) is 13.9 Å². The predicted octanol–water partition coefficient (Wildman–Crippen LogP) is 2.16. The first-order chi connectivity index (χ1) is 13.1. The number of hydrogen-bond donors (Lipinski definition) is 2. The summed E-state index contributed by atoms with van der Waals surface area (Å²) in [5.74, 6) is -3.20. The lowest BCUT2D eigenvalue weighted by molar-refractivity contribution is -0.140. The number of alkyl halides is 3. The molecule has 0 bridgehead atoms. The second-order valence-electron chi connectivity index (χ2n) is 5.80. The number of aliphatic carboxylic acids is 1. The van der Waals surface area contributed by atoms with E-state index in [-0.39, 0.29) is 28.5 Å². The third-order valence-electron chi connectivity index (χ3n) is 3.95. The van der Waals surface area contributed by atoms with E-state index in [4.69, 9.17) is 5.11 Å². The number of aromatic nitrogens is 3. The minimum absolute atomic E-state index is 0.0993. The van der Waals surface area contributed by atoms with Crippen LogP contribution in [0.3, 0.4) is 0 Å². The maximum absolute atomic E-state index is 13.5. The summed E-state index contributed by atoms with van der Waals surface area (Å²) >= 11 is 0. The minimum Gasteiger partial charge on any atom is -0.511 e. The van der Waals surface area contributed by atoms with E-state index < -0.39 is 41.1 Å². The van der Waals surface area contributed by atoms with Gasteiger partial charge in [-0.2, -0.15) is 18.3 Å². The highest BCUT2D eigenvalue weighted by Crippen LogP contribution is 2.34. The Morgan fingerprint density at radius 3 is 2.50 bits per heavy atom. The third kappa shape index (κ3) is 3.50. The zero-order chi connectivity index (χ0) is 20.6. The van der Waals surface area contributed by atoms with Crippen molar-refractivity contribution in [2.75, 3.05) is 0 Å². The molecule has 2 aromatic heterocycles. The lowest BCUT2D eigenvalue weighted by Crippen LogP contribution is -2.30. The SMILES string of the molecule is O=C(O)CC/C(O)=c1\c(=O)cc(-c2ccc(F)c(C(F)(F)F)c2)n2ncnc12. The Labute approximate surface area is 153 Å². The zero-order valence-electron chi connectivity index (χ0n) is 13.9. The van der Waals surface area contributed by atoms with Crippen molar-refractivity contribution in [3.8, 4) is 11.3 Å². The molecule has 0 unspecified atom stereocenters. The monoisotopic (exact) mass is 397 g/mol. The van der Waals surface area contributed by atoms with Gasteiger partial charge in [0.15, 0.2) is 11.1 Å². The van der Waals surface area contributed by atoms with E-state index >= 15 is 0 Å². The van der Waals surface area contributed by atoms with Crippen LogP contribution in [0.1, 0.15) is 18.4 Å². The Bertz CT molecular complexity index is 1190. The number of pyridine rings is 1. The number of aliphatic hydroxyl groups is 1. The largest absolute Gasteiger partial charge is 0.511 e. The summed E-state index contributed by atoms with van der Waals surface area (Å²) in [6.07, 6.45) is -4.72. The van der Waals surface area contributed by atoms with E-state index in [2.05, 4.69) is 10.1 Å². The van der Waals surface area contributed by atoms with E-state index in [9.17, 15) is 32.3 Å². The van der Waals surface area contributed by atoms with Crippen LogP contribution < -0.4 is 10.6 Å². The van der Waals surface area contributed by atoms with Gasteiger partial charge >= 0.3 is 12.1 Å². The van der Waals surface area contributed by atoms with Crippen LogP contribution >= 0.6 is 0 Å². The Hall–Kier alpha value is -3.50. The molecule has 7 nitrogen and oxygen atoms in total. The van der Waals surface area contributed by atoms with Crippen LogP contribution in [0.4, 0.5) is 17.6 Å². The van der Waals surface area contributed by atoms with E-state index in [0.29, 0.717) is 12.1 Å². The molecule has 146 valence electrons. The molecule has 0 aliphatic carbocycles. The summed E-state index contributed by atoms with van der Waals surface area (Å²) in [6.45, 7) is 0. The van der Waals surface area contributed by atoms with Gasteiger partial charge in [-0.3, -0.25) is 9.59 Å². The maximum atomic E-state index is 13.5. The lowest BCUT2D eigenvalue weighted by Gasteiger charge is -2.11. The van der Waals surface area contributed by atoms with Gasteiger partial charge < -0.3 is 10.2 Å². The molecule has 2 heterocycles. The first-order valence-electron chi connectivity index (χ1n) is 7.77. The highest BCUT2D eigenvalue weighted by molar-refractivity contribution is 5.69. The topological polar surface area (TPSA) is 105 Å². The molecule has 0 aliphatic rings. The van der Waals surface area contributed by atoms with Crippen LogP contribution in [0, 0.1) is 5.82 Å². The third-order valence-corrected chi connectivity index (χ3v) is 3.95.